The summed E-state index contributed by atoms with van der Waals surface area (Å²) in [7, 11) is 3.16. The van der Waals surface area contributed by atoms with E-state index in [2.05, 4.69) is 4.90 Å². The Labute approximate surface area is 169 Å². The molecule has 0 bridgehead atoms. The van der Waals surface area contributed by atoms with Crippen LogP contribution in [0, 0.1) is 5.82 Å². The fraction of sp³-hybridized carbons (Fsp3) is 0.381. The number of rotatable bonds is 6. The van der Waals surface area contributed by atoms with E-state index in [1.54, 1.807) is 20.3 Å². The summed E-state index contributed by atoms with van der Waals surface area (Å²) in [5.41, 5.74) is 1.79. The van der Waals surface area contributed by atoms with Crippen LogP contribution in [0.2, 0.25) is 5.02 Å². The second-order valence-electron chi connectivity index (χ2n) is 6.76. The summed E-state index contributed by atoms with van der Waals surface area (Å²) in [6.07, 6.45) is 0.324. The molecule has 7 heteroatoms. The molecule has 0 spiro atoms. The SMILES string of the molecule is COc1ccc(CC(=O)N2CCN(Cc3ccc(F)cc3Cl)CC2)cc1OC. The van der Waals surface area contributed by atoms with Crippen molar-refractivity contribution in [2.45, 2.75) is 13.0 Å². The molecular weight excluding hydrogens is 383 g/mol. The molecule has 1 heterocycles. The van der Waals surface area contributed by atoms with Gasteiger partial charge in [0.1, 0.15) is 5.82 Å². The monoisotopic (exact) mass is 406 g/mol. The normalized spacial score (nSPS) is 14.8. The molecular formula is C21H24ClFN2O3. The Bertz CT molecular complexity index is 838. The van der Waals surface area contributed by atoms with Gasteiger partial charge in [-0.05, 0) is 35.4 Å². The van der Waals surface area contributed by atoms with Gasteiger partial charge in [0.2, 0.25) is 5.91 Å². The predicted octanol–water partition coefficient (Wildman–Crippen LogP) is 3.38. The Morgan fingerprint density at radius 2 is 1.75 bits per heavy atom. The highest BCUT2D eigenvalue weighted by Crippen LogP contribution is 2.28. The first-order valence-electron chi connectivity index (χ1n) is 9.15. The minimum atomic E-state index is -0.334. The van der Waals surface area contributed by atoms with Gasteiger partial charge in [0.05, 0.1) is 20.6 Å². The highest BCUT2D eigenvalue weighted by Gasteiger charge is 2.22. The minimum absolute atomic E-state index is 0.0895. The van der Waals surface area contributed by atoms with Crippen molar-refractivity contribution in [3.63, 3.8) is 0 Å². The third-order valence-corrected chi connectivity index (χ3v) is 5.29. The van der Waals surface area contributed by atoms with E-state index >= 15 is 0 Å². The maximum atomic E-state index is 13.2. The molecule has 1 fully saturated rings. The number of carbonyl (C=O) groups is 1. The van der Waals surface area contributed by atoms with Crippen LogP contribution in [0.4, 0.5) is 4.39 Å². The maximum Gasteiger partial charge on any atom is 0.227 e. The van der Waals surface area contributed by atoms with Gasteiger partial charge in [-0.15, -0.1) is 0 Å². The summed E-state index contributed by atoms with van der Waals surface area (Å²) in [5, 5.41) is 0.437. The number of nitrogens with zero attached hydrogens (tertiary/aromatic N) is 2. The highest BCUT2D eigenvalue weighted by atomic mass is 35.5. The van der Waals surface area contributed by atoms with E-state index < -0.39 is 0 Å². The Hall–Kier alpha value is -2.31. The molecule has 1 amide bonds. The molecule has 2 aromatic rings. The number of piperazine rings is 1. The zero-order chi connectivity index (χ0) is 20.1. The van der Waals surface area contributed by atoms with Crippen LogP contribution in [0.5, 0.6) is 11.5 Å². The Kier molecular flexibility index (Phi) is 6.75. The number of benzene rings is 2. The molecule has 0 atom stereocenters. The molecule has 1 saturated heterocycles. The number of carbonyl (C=O) groups excluding carboxylic acids is 1. The average molecular weight is 407 g/mol. The molecule has 1 aliphatic heterocycles. The highest BCUT2D eigenvalue weighted by molar-refractivity contribution is 6.31. The third-order valence-electron chi connectivity index (χ3n) is 4.94. The number of hydrogen-bond donors (Lipinski definition) is 0. The predicted molar refractivity (Wildman–Crippen MR) is 107 cm³/mol. The lowest BCUT2D eigenvalue weighted by atomic mass is 10.1. The fourth-order valence-corrected chi connectivity index (χ4v) is 3.55. The van der Waals surface area contributed by atoms with Crippen LogP contribution in [0.25, 0.3) is 0 Å². The van der Waals surface area contributed by atoms with Crippen molar-refractivity contribution in [2.24, 2.45) is 0 Å². The largest absolute Gasteiger partial charge is 0.493 e. The molecule has 0 aromatic heterocycles. The van der Waals surface area contributed by atoms with Gasteiger partial charge < -0.3 is 14.4 Å². The van der Waals surface area contributed by atoms with Crippen LogP contribution in [0.1, 0.15) is 11.1 Å². The van der Waals surface area contributed by atoms with Gasteiger partial charge in [0, 0.05) is 37.7 Å². The van der Waals surface area contributed by atoms with Crippen molar-refractivity contribution in [1.29, 1.82) is 0 Å². The van der Waals surface area contributed by atoms with E-state index in [9.17, 15) is 9.18 Å². The maximum absolute atomic E-state index is 13.2. The number of halogens is 2. The van der Waals surface area contributed by atoms with Gasteiger partial charge in [-0.25, -0.2) is 4.39 Å². The van der Waals surface area contributed by atoms with Crippen molar-refractivity contribution in [3.8, 4) is 11.5 Å². The molecule has 3 rings (SSSR count). The number of methoxy groups -OCH3 is 2. The van der Waals surface area contributed by atoms with Crippen molar-refractivity contribution in [2.75, 3.05) is 40.4 Å². The van der Waals surface area contributed by atoms with Crippen molar-refractivity contribution in [1.82, 2.24) is 9.80 Å². The number of amides is 1. The lowest BCUT2D eigenvalue weighted by molar-refractivity contribution is -0.132. The smallest absolute Gasteiger partial charge is 0.227 e. The molecule has 150 valence electrons. The lowest BCUT2D eigenvalue weighted by Crippen LogP contribution is -2.48. The molecule has 0 unspecified atom stereocenters. The van der Waals surface area contributed by atoms with E-state index in [0.717, 1.165) is 24.2 Å². The molecule has 5 nitrogen and oxygen atoms in total. The Morgan fingerprint density at radius 1 is 1.04 bits per heavy atom. The molecule has 0 saturated carbocycles. The zero-order valence-corrected chi connectivity index (χ0v) is 16.8. The van der Waals surface area contributed by atoms with Gasteiger partial charge in [0.25, 0.3) is 0 Å². The molecule has 1 aliphatic rings. The van der Waals surface area contributed by atoms with Crippen molar-refractivity contribution in [3.05, 3.63) is 58.4 Å². The Balaban J connectivity index is 1.53. The van der Waals surface area contributed by atoms with Gasteiger partial charge in [-0.2, -0.15) is 0 Å². The topological polar surface area (TPSA) is 42.0 Å². The summed E-state index contributed by atoms with van der Waals surface area (Å²) < 4.78 is 23.7. The van der Waals surface area contributed by atoms with Crippen LogP contribution in [-0.2, 0) is 17.8 Å². The van der Waals surface area contributed by atoms with Crippen molar-refractivity contribution >= 4 is 17.5 Å². The first-order valence-corrected chi connectivity index (χ1v) is 9.53. The second kappa shape index (κ2) is 9.26. The Morgan fingerprint density at radius 3 is 2.39 bits per heavy atom. The molecule has 0 radical (unpaired) electrons. The van der Waals surface area contributed by atoms with Crippen LogP contribution in [-0.4, -0.2) is 56.1 Å². The fourth-order valence-electron chi connectivity index (χ4n) is 3.32. The quantitative estimate of drug-likeness (QED) is 0.737. The molecule has 2 aromatic carbocycles. The zero-order valence-electron chi connectivity index (χ0n) is 16.1. The standard InChI is InChI=1S/C21H24ClFN2O3/c1-27-19-6-3-15(11-20(19)28-2)12-21(26)25-9-7-24(8-10-25)14-16-4-5-17(23)13-18(16)22/h3-6,11,13H,7-10,12,14H2,1-2H3. The summed E-state index contributed by atoms with van der Waals surface area (Å²) >= 11 is 6.11. The third kappa shape index (κ3) is 4.94. The second-order valence-corrected chi connectivity index (χ2v) is 7.17. The lowest BCUT2D eigenvalue weighted by Gasteiger charge is -2.35. The molecule has 0 N–H and O–H groups in total. The van der Waals surface area contributed by atoms with Gasteiger partial charge in [0.15, 0.2) is 11.5 Å². The van der Waals surface area contributed by atoms with E-state index in [1.807, 2.05) is 23.1 Å². The first kappa shape index (κ1) is 20.4. The minimum Gasteiger partial charge on any atom is -0.493 e. The van der Waals surface area contributed by atoms with E-state index in [-0.39, 0.29) is 11.7 Å². The van der Waals surface area contributed by atoms with E-state index in [0.29, 0.717) is 42.6 Å². The van der Waals surface area contributed by atoms with E-state index in [1.165, 1.54) is 12.1 Å². The summed E-state index contributed by atoms with van der Waals surface area (Å²) in [4.78, 5) is 16.7. The van der Waals surface area contributed by atoms with Gasteiger partial charge in [-0.3, -0.25) is 9.69 Å². The van der Waals surface area contributed by atoms with Crippen LogP contribution in [0.15, 0.2) is 36.4 Å². The van der Waals surface area contributed by atoms with E-state index in [4.69, 9.17) is 21.1 Å². The number of ether oxygens (including phenoxy) is 2. The van der Waals surface area contributed by atoms with Gasteiger partial charge >= 0.3 is 0 Å². The first-order chi connectivity index (χ1) is 13.5. The van der Waals surface area contributed by atoms with Gasteiger partial charge in [-0.1, -0.05) is 23.7 Å². The van der Waals surface area contributed by atoms with Crippen LogP contribution >= 0.6 is 11.6 Å². The average Bonchev–Trinajstić information content (AvgIpc) is 2.70. The van der Waals surface area contributed by atoms with Crippen molar-refractivity contribution < 1.29 is 18.7 Å². The number of hydrogen-bond acceptors (Lipinski definition) is 4. The molecule has 0 aliphatic carbocycles. The summed E-state index contributed by atoms with van der Waals surface area (Å²) in [6.45, 7) is 3.48. The summed E-state index contributed by atoms with van der Waals surface area (Å²) in [6, 6.07) is 10.00. The summed E-state index contributed by atoms with van der Waals surface area (Å²) in [5.74, 6) is 1.02. The van der Waals surface area contributed by atoms with Crippen LogP contribution in [0.3, 0.4) is 0 Å². The van der Waals surface area contributed by atoms with Crippen LogP contribution < -0.4 is 9.47 Å². The molecule has 28 heavy (non-hydrogen) atoms.